The summed E-state index contributed by atoms with van der Waals surface area (Å²) >= 11 is 0. The van der Waals surface area contributed by atoms with Gasteiger partial charge in [0.05, 0.1) is 12.5 Å². The Kier molecular flexibility index (Phi) is 4.13. The van der Waals surface area contributed by atoms with Crippen LogP contribution in [0.15, 0.2) is 24.3 Å². The Morgan fingerprint density at radius 1 is 1.33 bits per heavy atom. The van der Waals surface area contributed by atoms with Crippen molar-refractivity contribution in [2.45, 2.75) is 25.5 Å². The normalized spacial score (nSPS) is 25.1. The monoisotopic (exact) mass is 335 g/mol. The van der Waals surface area contributed by atoms with Gasteiger partial charge >= 0.3 is 6.09 Å². The fraction of sp³-hybridized carbons (Fsp3) is 0.438. The maximum absolute atomic E-state index is 14.1. The number of carbonyl (C=O) groups is 3. The lowest BCUT2D eigenvalue weighted by Crippen LogP contribution is -2.35. The van der Waals surface area contributed by atoms with Gasteiger partial charge in [-0.2, -0.15) is 0 Å². The van der Waals surface area contributed by atoms with Gasteiger partial charge < -0.3 is 15.4 Å². The van der Waals surface area contributed by atoms with Crippen LogP contribution in [0.2, 0.25) is 0 Å². The Bertz CT molecular complexity index is 678. The van der Waals surface area contributed by atoms with Gasteiger partial charge in [0.1, 0.15) is 12.1 Å². The van der Waals surface area contributed by atoms with Gasteiger partial charge in [0.25, 0.3) is 0 Å². The second kappa shape index (κ2) is 6.10. The van der Waals surface area contributed by atoms with Crippen molar-refractivity contribution in [2.24, 2.45) is 11.7 Å². The van der Waals surface area contributed by atoms with Gasteiger partial charge in [0, 0.05) is 18.7 Å². The molecule has 2 N–H and O–H groups in total. The zero-order valence-electron chi connectivity index (χ0n) is 13.1. The van der Waals surface area contributed by atoms with Gasteiger partial charge in [0.2, 0.25) is 5.91 Å². The number of ketones is 1. The smallest absolute Gasteiger partial charge is 0.439 e. The predicted octanol–water partition coefficient (Wildman–Crippen LogP) is 1.33. The molecule has 0 aromatic heterocycles. The molecular formula is C16H18FN3O4. The molecule has 0 saturated carbocycles. The van der Waals surface area contributed by atoms with E-state index in [4.69, 9.17) is 10.5 Å². The third-order valence-corrected chi connectivity index (χ3v) is 4.54. The molecule has 3 unspecified atom stereocenters. The lowest BCUT2D eigenvalue weighted by atomic mass is 9.92. The van der Waals surface area contributed by atoms with Crippen LogP contribution in [0.5, 0.6) is 0 Å². The van der Waals surface area contributed by atoms with Gasteiger partial charge in [0.15, 0.2) is 5.78 Å². The van der Waals surface area contributed by atoms with Gasteiger partial charge in [-0.3, -0.25) is 9.59 Å². The Morgan fingerprint density at radius 3 is 2.54 bits per heavy atom. The van der Waals surface area contributed by atoms with E-state index in [1.165, 1.54) is 6.92 Å². The summed E-state index contributed by atoms with van der Waals surface area (Å²) in [5, 5.41) is -0.0154. The first-order valence-corrected chi connectivity index (χ1v) is 7.70. The average Bonchev–Trinajstić information content (AvgIpc) is 3.11. The minimum Gasteiger partial charge on any atom is -0.441 e. The molecule has 3 rings (SSSR count). The number of amides is 2. The quantitative estimate of drug-likeness (QED) is 0.838. The van der Waals surface area contributed by atoms with Gasteiger partial charge in [-0.1, -0.05) is 16.6 Å². The van der Waals surface area contributed by atoms with Crippen molar-refractivity contribution in [3.8, 4) is 0 Å². The van der Waals surface area contributed by atoms with Crippen molar-refractivity contribution in [1.82, 2.24) is 5.12 Å². The van der Waals surface area contributed by atoms with Crippen LogP contribution in [-0.4, -0.2) is 42.1 Å². The van der Waals surface area contributed by atoms with Crippen molar-refractivity contribution in [2.75, 3.05) is 18.0 Å². The molecule has 2 heterocycles. The van der Waals surface area contributed by atoms with E-state index in [9.17, 15) is 18.9 Å². The Labute approximate surface area is 138 Å². The third kappa shape index (κ3) is 2.79. The molecule has 1 aromatic carbocycles. The van der Waals surface area contributed by atoms with E-state index in [-0.39, 0.29) is 10.9 Å². The summed E-state index contributed by atoms with van der Waals surface area (Å²) in [5.74, 6) is -1.31. The molecule has 2 saturated heterocycles. The van der Waals surface area contributed by atoms with E-state index in [2.05, 4.69) is 0 Å². The molecule has 3 atom stereocenters. The number of carbonyl (C=O) groups excluding carboxylic acids is 3. The van der Waals surface area contributed by atoms with Crippen LogP contribution in [0.3, 0.4) is 0 Å². The molecule has 0 aliphatic carbocycles. The number of ether oxygens (including phenoxy) is 1. The Morgan fingerprint density at radius 2 is 2.00 bits per heavy atom. The number of halogens is 1. The Hall–Kier alpha value is -2.64. The minimum absolute atomic E-state index is 0.0154. The van der Waals surface area contributed by atoms with E-state index in [0.29, 0.717) is 25.1 Å². The van der Waals surface area contributed by atoms with Crippen LogP contribution in [0.1, 0.15) is 24.9 Å². The van der Waals surface area contributed by atoms with Crippen molar-refractivity contribution < 1.29 is 23.6 Å². The highest BCUT2D eigenvalue weighted by atomic mass is 19.2. The first-order chi connectivity index (χ1) is 11.4. The van der Waals surface area contributed by atoms with E-state index in [1.807, 2.05) is 4.90 Å². The molecule has 24 heavy (non-hydrogen) atoms. The third-order valence-electron chi connectivity index (χ3n) is 4.54. The fourth-order valence-corrected chi connectivity index (χ4v) is 3.07. The largest absolute Gasteiger partial charge is 0.441 e. The van der Waals surface area contributed by atoms with Crippen molar-refractivity contribution in [3.05, 3.63) is 29.8 Å². The standard InChI is InChI=1S/C16H18FN3O4/c1-9(15(18)22)14-13(20(17)16(23)24-14)10-2-4-11(5-3-10)19-7-6-12(21)8-19/h2-5,9,13-14H,6-8H2,1H3,(H2,18,22). The molecule has 0 bridgehead atoms. The van der Waals surface area contributed by atoms with E-state index < -0.39 is 30.1 Å². The first kappa shape index (κ1) is 16.2. The number of cyclic esters (lactones) is 1. The molecule has 2 fully saturated rings. The van der Waals surface area contributed by atoms with Gasteiger partial charge in [-0.05, 0) is 24.6 Å². The summed E-state index contributed by atoms with van der Waals surface area (Å²) in [4.78, 5) is 36.2. The van der Waals surface area contributed by atoms with Crippen LogP contribution in [0.25, 0.3) is 0 Å². The number of rotatable bonds is 4. The van der Waals surface area contributed by atoms with Gasteiger partial charge in [-0.15, -0.1) is 5.12 Å². The molecule has 128 valence electrons. The number of hydrogen-bond acceptors (Lipinski definition) is 5. The van der Waals surface area contributed by atoms with Crippen LogP contribution in [0.4, 0.5) is 15.0 Å². The van der Waals surface area contributed by atoms with Crippen LogP contribution >= 0.6 is 0 Å². The van der Waals surface area contributed by atoms with Crippen molar-refractivity contribution >= 4 is 23.5 Å². The molecule has 0 radical (unpaired) electrons. The second-order valence-corrected chi connectivity index (χ2v) is 6.10. The van der Waals surface area contributed by atoms with Crippen LogP contribution in [0, 0.1) is 5.92 Å². The summed E-state index contributed by atoms with van der Waals surface area (Å²) in [7, 11) is 0. The summed E-state index contributed by atoms with van der Waals surface area (Å²) in [6.07, 6.45) is -1.60. The highest BCUT2D eigenvalue weighted by molar-refractivity contribution is 5.87. The number of hydrogen-bond donors (Lipinski definition) is 1. The molecule has 2 aliphatic rings. The number of nitrogens with two attached hydrogens (primary N) is 1. The molecule has 1 aromatic rings. The van der Waals surface area contributed by atoms with Crippen LogP contribution < -0.4 is 10.6 Å². The minimum atomic E-state index is -1.13. The maximum atomic E-state index is 14.1. The molecule has 2 amide bonds. The fourth-order valence-electron chi connectivity index (χ4n) is 3.07. The molecule has 0 spiro atoms. The molecule has 2 aliphatic heterocycles. The van der Waals surface area contributed by atoms with Crippen LogP contribution in [-0.2, 0) is 14.3 Å². The highest BCUT2D eigenvalue weighted by Crippen LogP contribution is 2.38. The van der Waals surface area contributed by atoms with E-state index in [0.717, 1.165) is 5.69 Å². The average molecular weight is 335 g/mol. The number of anilines is 1. The lowest BCUT2D eigenvalue weighted by molar-refractivity contribution is -0.124. The first-order valence-electron chi connectivity index (χ1n) is 7.70. The number of benzene rings is 1. The molecule has 7 nitrogen and oxygen atoms in total. The number of Topliss-reactive ketones (excluding diaryl/α,β-unsaturated/α-hetero) is 1. The molecule has 8 heteroatoms. The topological polar surface area (TPSA) is 92.9 Å². The molecular weight excluding hydrogens is 317 g/mol. The number of nitrogens with zero attached hydrogens (tertiary/aromatic N) is 2. The zero-order valence-corrected chi connectivity index (χ0v) is 13.1. The summed E-state index contributed by atoms with van der Waals surface area (Å²) in [5.41, 5.74) is 6.60. The summed E-state index contributed by atoms with van der Waals surface area (Å²) in [6.45, 7) is 2.51. The van der Waals surface area contributed by atoms with E-state index >= 15 is 0 Å². The second-order valence-electron chi connectivity index (χ2n) is 6.10. The summed E-state index contributed by atoms with van der Waals surface area (Å²) < 4.78 is 19.1. The SMILES string of the molecule is CC(C(N)=O)C1OC(=O)N(F)C1c1ccc(N2CCC(=O)C2)cc1. The predicted molar refractivity (Wildman–Crippen MR) is 82.6 cm³/mol. The summed E-state index contributed by atoms with van der Waals surface area (Å²) in [6, 6.07) is 5.82. The maximum Gasteiger partial charge on any atom is 0.439 e. The van der Waals surface area contributed by atoms with Crippen molar-refractivity contribution in [1.29, 1.82) is 0 Å². The Balaban J connectivity index is 1.84. The van der Waals surface area contributed by atoms with Gasteiger partial charge in [-0.25, -0.2) is 4.79 Å². The zero-order chi connectivity index (χ0) is 17.4. The van der Waals surface area contributed by atoms with Crippen molar-refractivity contribution in [3.63, 3.8) is 0 Å². The van der Waals surface area contributed by atoms with E-state index in [1.54, 1.807) is 24.3 Å². The number of primary amides is 1. The highest BCUT2D eigenvalue weighted by Gasteiger charge is 2.47. The lowest BCUT2D eigenvalue weighted by Gasteiger charge is -2.23.